The van der Waals surface area contributed by atoms with Gasteiger partial charge in [0.1, 0.15) is 0 Å². The predicted molar refractivity (Wildman–Crippen MR) is 78.1 cm³/mol. The number of nitrogens with one attached hydrogen (secondary N) is 2. The van der Waals surface area contributed by atoms with Crippen LogP contribution in [0.3, 0.4) is 0 Å². The highest BCUT2D eigenvalue weighted by Gasteiger charge is 2.18. The van der Waals surface area contributed by atoms with Gasteiger partial charge in [-0.3, -0.25) is 13.9 Å². The van der Waals surface area contributed by atoms with Crippen molar-refractivity contribution in [2.75, 3.05) is 18.4 Å². The lowest BCUT2D eigenvalue weighted by atomic mass is 10.2. The van der Waals surface area contributed by atoms with Crippen molar-refractivity contribution in [3.05, 3.63) is 20.8 Å². The summed E-state index contributed by atoms with van der Waals surface area (Å²) in [7, 11) is 1.47. The molecule has 0 aromatic carbocycles. The van der Waals surface area contributed by atoms with Gasteiger partial charge < -0.3 is 16.0 Å². The van der Waals surface area contributed by atoms with Crippen molar-refractivity contribution in [1.82, 2.24) is 19.1 Å². The van der Waals surface area contributed by atoms with Gasteiger partial charge in [-0.15, -0.1) is 0 Å². The van der Waals surface area contributed by atoms with E-state index in [0.29, 0.717) is 30.2 Å². The molecule has 1 unspecified atom stereocenters. The highest BCUT2D eigenvalue weighted by molar-refractivity contribution is 5.72. The SMILES string of the molecule is CCC(C)n1c(=O)n(C)c(=O)c2[nH]c(NCCN)nc21. The van der Waals surface area contributed by atoms with Crippen molar-refractivity contribution < 1.29 is 0 Å². The number of nitrogens with zero attached hydrogens (tertiary/aromatic N) is 3. The fourth-order valence-electron chi connectivity index (χ4n) is 2.05. The van der Waals surface area contributed by atoms with Gasteiger partial charge in [0.15, 0.2) is 11.2 Å². The van der Waals surface area contributed by atoms with Gasteiger partial charge >= 0.3 is 5.69 Å². The summed E-state index contributed by atoms with van der Waals surface area (Å²) in [4.78, 5) is 31.6. The maximum atomic E-state index is 12.3. The van der Waals surface area contributed by atoms with E-state index in [2.05, 4.69) is 15.3 Å². The molecule has 8 nitrogen and oxygen atoms in total. The van der Waals surface area contributed by atoms with E-state index in [1.807, 2.05) is 13.8 Å². The highest BCUT2D eigenvalue weighted by Crippen LogP contribution is 2.15. The van der Waals surface area contributed by atoms with Crippen LogP contribution < -0.4 is 22.3 Å². The van der Waals surface area contributed by atoms with E-state index in [1.54, 1.807) is 4.57 Å². The Morgan fingerprint density at radius 2 is 2.15 bits per heavy atom. The summed E-state index contributed by atoms with van der Waals surface area (Å²) in [6, 6.07) is -0.0394. The third-order valence-electron chi connectivity index (χ3n) is 3.39. The molecule has 0 fully saturated rings. The minimum Gasteiger partial charge on any atom is -0.354 e. The zero-order valence-electron chi connectivity index (χ0n) is 11.9. The average Bonchev–Trinajstić information content (AvgIpc) is 2.86. The number of fused-ring (bicyclic) bond motifs is 1. The van der Waals surface area contributed by atoms with Crippen LogP contribution in [0.4, 0.5) is 5.95 Å². The van der Waals surface area contributed by atoms with E-state index in [-0.39, 0.29) is 17.3 Å². The fraction of sp³-hybridized carbons (Fsp3) is 0.583. The molecule has 2 aromatic heterocycles. The van der Waals surface area contributed by atoms with E-state index in [0.717, 1.165) is 11.0 Å². The summed E-state index contributed by atoms with van der Waals surface area (Å²) in [5.41, 5.74) is 5.40. The van der Waals surface area contributed by atoms with Crippen LogP contribution in [-0.4, -0.2) is 32.2 Å². The number of anilines is 1. The first-order chi connectivity index (χ1) is 9.51. The van der Waals surface area contributed by atoms with Crippen LogP contribution in [0, 0.1) is 0 Å². The molecule has 0 spiro atoms. The van der Waals surface area contributed by atoms with Crippen molar-refractivity contribution >= 4 is 17.1 Å². The van der Waals surface area contributed by atoms with Crippen molar-refractivity contribution in [3.8, 4) is 0 Å². The predicted octanol–water partition coefficient (Wildman–Crippen LogP) is -0.235. The van der Waals surface area contributed by atoms with Gasteiger partial charge in [0.25, 0.3) is 5.56 Å². The number of hydrogen-bond donors (Lipinski definition) is 3. The first-order valence-electron chi connectivity index (χ1n) is 6.66. The van der Waals surface area contributed by atoms with Gasteiger partial charge in [0.05, 0.1) is 0 Å². The minimum atomic E-state index is -0.377. The molecule has 0 amide bonds. The summed E-state index contributed by atoms with van der Waals surface area (Å²) in [6.45, 7) is 4.89. The molecule has 110 valence electrons. The van der Waals surface area contributed by atoms with Crippen LogP contribution in [-0.2, 0) is 7.05 Å². The number of aromatic nitrogens is 4. The Morgan fingerprint density at radius 1 is 1.45 bits per heavy atom. The molecule has 0 radical (unpaired) electrons. The molecule has 0 saturated carbocycles. The molecule has 4 N–H and O–H groups in total. The lowest BCUT2D eigenvalue weighted by Crippen LogP contribution is -2.39. The van der Waals surface area contributed by atoms with E-state index < -0.39 is 0 Å². The zero-order valence-corrected chi connectivity index (χ0v) is 11.9. The lowest BCUT2D eigenvalue weighted by Gasteiger charge is -2.14. The summed E-state index contributed by atoms with van der Waals surface area (Å²) in [5, 5.41) is 2.98. The van der Waals surface area contributed by atoms with Crippen LogP contribution in [0.1, 0.15) is 26.3 Å². The highest BCUT2D eigenvalue weighted by atomic mass is 16.2. The second kappa shape index (κ2) is 5.49. The Kier molecular flexibility index (Phi) is 3.93. The number of nitrogens with two attached hydrogens (primary N) is 1. The molecule has 8 heteroatoms. The molecule has 2 rings (SSSR count). The van der Waals surface area contributed by atoms with E-state index in [4.69, 9.17) is 5.73 Å². The standard InChI is InChI=1S/C12H20N6O2/c1-4-7(2)18-9-8(10(19)17(3)12(18)20)15-11(16-9)14-6-5-13/h7H,4-6,13H2,1-3H3,(H2,14,15,16). The van der Waals surface area contributed by atoms with Crippen LogP contribution in [0.2, 0.25) is 0 Å². The molecule has 0 aliphatic carbocycles. The van der Waals surface area contributed by atoms with Crippen LogP contribution >= 0.6 is 0 Å². The number of imidazole rings is 1. The molecule has 0 saturated heterocycles. The Labute approximate surface area is 115 Å². The smallest absolute Gasteiger partial charge is 0.332 e. The maximum Gasteiger partial charge on any atom is 0.332 e. The molecule has 20 heavy (non-hydrogen) atoms. The van der Waals surface area contributed by atoms with Gasteiger partial charge in [-0.2, -0.15) is 4.98 Å². The summed E-state index contributed by atoms with van der Waals surface area (Å²) in [5.74, 6) is 0.449. The largest absolute Gasteiger partial charge is 0.354 e. The van der Waals surface area contributed by atoms with Gasteiger partial charge in [-0.05, 0) is 13.3 Å². The van der Waals surface area contributed by atoms with Gasteiger partial charge in [-0.25, -0.2) is 4.79 Å². The first kappa shape index (κ1) is 14.3. The maximum absolute atomic E-state index is 12.3. The third kappa shape index (κ3) is 2.22. The summed E-state index contributed by atoms with van der Waals surface area (Å²) >= 11 is 0. The Balaban J connectivity index is 2.73. The Bertz CT molecular complexity index is 726. The second-order valence-corrected chi connectivity index (χ2v) is 4.77. The van der Waals surface area contributed by atoms with Crippen LogP contribution in [0.5, 0.6) is 0 Å². The first-order valence-corrected chi connectivity index (χ1v) is 6.66. The normalized spacial score (nSPS) is 12.8. The second-order valence-electron chi connectivity index (χ2n) is 4.77. The Morgan fingerprint density at radius 3 is 2.75 bits per heavy atom. The molecule has 2 heterocycles. The topological polar surface area (TPSA) is 111 Å². The molecule has 2 aromatic rings. The molecular formula is C12H20N6O2. The average molecular weight is 280 g/mol. The lowest BCUT2D eigenvalue weighted by molar-refractivity contribution is 0.500. The number of rotatable bonds is 5. The minimum absolute atomic E-state index is 0.0394. The van der Waals surface area contributed by atoms with Gasteiger partial charge in [0.2, 0.25) is 5.95 Å². The van der Waals surface area contributed by atoms with Crippen molar-refractivity contribution in [3.63, 3.8) is 0 Å². The number of aromatic amines is 1. The summed E-state index contributed by atoms with van der Waals surface area (Å²) < 4.78 is 2.64. The molecule has 0 aliphatic heterocycles. The molecular weight excluding hydrogens is 260 g/mol. The van der Waals surface area contributed by atoms with Gasteiger partial charge in [-0.1, -0.05) is 6.92 Å². The van der Waals surface area contributed by atoms with Gasteiger partial charge in [0, 0.05) is 26.2 Å². The molecule has 0 aliphatic rings. The Hall–Kier alpha value is -2.09. The number of hydrogen-bond acceptors (Lipinski definition) is 5. The molecule has 0 bridgehead atoms. The third-order valence-corrected chi connectivity index (χ3v) is 3.39. The number of H-pyrrole nitrogens is 1. The van der Waals surface area contributed by atoms with E-state index >= 15 is 0 Å². The van der Waals surface area contributed by atoms with Crippen LogP contribution in [0.15, 0.2) is 9.59 Å². The molecule has 1 atom stereocenters. The van der Waals surface area contributed by atoms with E-state index in [1.165, 1.54) is 7.05 Å². The van der Waals surface area contributed by atoms with Crippen molar-refractivity contribution in [2.45, 2.75) is 26.3 Å². The van der Waals surface area contributed by atoms with Crippen molar-refractivity contribution in [1.29, 1.82) is 0 Å². The monoisotopic (exact) mass is 280 g/mol. The fourth-order valence-corrected chi connectivity index (χ4v) is 2.05. The van der Waals surface area contributed by atoms with Crippen molar-refractivity contribution in [2.24, 2.45) is 12.8 Å². The zero-order chi connectivity index (χ0) is 14.9. The van der Waals surface area contributed by atoms with Crippen LogP contribution in [0.25, 0.3) is 11.2 Å². The quantitative estimate of drug-likeness (QED) is 0.700. The summed E-state index contributed by atoms with van der Waals surface area (Å²) in [6.07, 6.45) is 0.769. The van der Waals surface area contributed by atoms with E-state index in [9.17, 15) is 9.59 Å².